The number of hydrogen-bond donors (Lipinski definition) is 0. The number of carbonyl (C=O) groups excluding carboxylic acids is 1. The molecule has 3 heteroatoms. The van der Waals surface area contributed by atoms with Crippen molar-refractivity contribution in [2.24, 2.45) is 11.8 Å². The average molecular weight is 299 g/mol. The maximum absolute atomic E-state index is 11.3. The van der Waals surface area contributed by atoms with Gasteiger partial charge in [0.25, 0.3) is 0 Å². The SMILES string of the molecule is CCCC(=CCl)CCC(C)C=C(C)C1OC(=O)CC1C. The Morgan fingerprint density at radius 1 is 1.50 bits per heavy atom. The van der Waals surface area contributed by atoms with Crippen molar-refractivity contribution < 1.29 is 9.53 Å². The summed E-state index contributed by atoms with van der Waals surface area (Å²) in [6.45, 7) is 8.53. The molecule has 0 aromatic rings. The van der Waals surface area contributed by atoms with Gasteiger partial charge in [0.1, 0.15) is 6.10 Å². The van der Waals surface area contributed by atoms with E-state index in [1.165, 1.54) is 11.1 Å². The van der Waals surface area contributed by atoms with Crippen LogP contribution in [-0.4, -0.2) is 12.1 Å². The third-order valence-corrected chi connectivity index (χ3v) is 4.21. The maximum Gasteiger partial charge on any atom is 0.306 e. The van der Waals surface area contributed by atoms with Crippen LogP contribution < -0.4 is 0 Å². The Bertz CT molecular complexity index is 384. The number of halogens is 1. The topological polar surface area (TPSA) is 26.3 Å². The van der Waals surface area contributed by atoms with Gasteiger partial charge in [-0.2, -0.15) is 0 Å². The fraction of sp³-hybridized carbons (Fsp3) is 0.706. The normalized spacial score (nSPS) is 25.8. The van der Waals surface area contributed by atoms with E-state index in [9.17, 15) is 4.79 Å². The highest BCUT2D eigenvalue weighted by atomic mass is 35.5. The van der Waals surface area contributed by atoms with Crippen molar-refractivity contribution in [3.8, 4) is 0 Å². The van der Waals surface area contributed by atoms with Crippen LogP contribution in [0.15, 0.2) is 22.8 Å². The quantitative estimate of drug-likeness (QED) is 0.475. The molecule has 0 aliphatic carbocycles. The van der Waals surface area contributed by atoms with E-state index in [2.05, 4.69) is 33.8 Å². The lowest BCUT2D eigenvalue weighted by Gasteiger charge is -2.17. The molecular weight excluding hydrogens is 272 g/mol. The third kappa shape index (κ3) is 5.32. The van der Waals surface area contributed by atoms with E-state index in [0.29, 0.717) is 18.3 Å². The second kappa shape index (κ2) is 8.51. The Morgan fingerprint density at radius 2 is 2.20 bits per heavy atom. The van der Waals surface area contributed by atoms with Gasteiger partial charge in [-0.25, -0.2) is 0 Å². The van der Waals surface area contributed by atoms with E-state index < -0.39 is 0 Å². The molecule has 20 heavy (non-hydrogen) atoms. The van der Waals surface area contributed by atoms with Crippen molar-refractivity contribution >= 4 is 17.6 Å². The van der Waals surface area contributed by atoms with Crippen LogP contribution in [0.25, 0.3) is 0 Å². The Kier molecular flexibility index (Phi) is 7.36. The first kappa shape index (κ1) is 17.3. The summed E-state index contributed by atoms with van der Waals surface area (Å²) in [5.41, 5.74) is 4.24. The fourth-order valence-electron chi connectivity index (χ4n) is 2.81. The minimum absolute atomic E-state index is 0.0244. The molecule has 0 spiro atoms. The largest absolute Gasteiger partial charge is 0.458 e. The molecule has 0 saturated carbocycles. The highest BCUT2D eigenvalue weighted by Crippen LogP contribution is 2.28. The van der Waals surface area contributed by atoms with Gasteiger partial charge in [0, 0.05) is 11.5 Å². The van der Waals surface area contributed by atoms with Crippen LogP contribution in [0.1, 0.15) is 59.8 Å². The van der Waals surface area contributed by atoms with Gasteiger partial charge in [0.15, 0.2) is 0 Å². The molecular formula is C17H27ClO2. The van der Waals surface area contributed by atoms with Crippen LogP contribution in [-0.2, 0) is 9.53 Å². The van der Waals surface area contributed by atoms with Gasteiger partial charge in [0.2, 0.25) is 0 Å². The Balaban J connectivity index is 2.49. The second-order valence-corrected chi connectivity index (χ2v) is 6.25. The lowest BCUT2D eigenvalue weighted by Crippen LogP contribution is -2.15. The molecule has 1 aliphatic rings. The fourth-order valence-corrected chi connectivity index (χ4v) is 3.03. The molecule has 1 fully saturated rings. The van der Waals surface area contributed by atoms with Gasteiger partial charge in [0.05, 0.1) is 6.42 Å². The van der Waals surface area contributed by atoms with E-state index in [1.54, 1.807) is 5.54 Å². The summed E-state index contributed by atoms with van der Waals surface area (Å²) >= 11 is 5.84. The summed E-state index contributed by atoms with van der Waals surface area (Å²) in [7, 11) is 0. The predicted octanol–water partition coefficient (Wildman–Crippen LogP) is 5.22. The van der Waals surface area contributed by atoms with Gasteiger partial charge in [-0.3, -0.25) is 4.79 Å². The highest BCUT2D eigenvalue weighted by molar-refractivity contribution is 6.25. The van der Waals surface area contributed by atoms with Gasteiger partial charge in [-0.15, -0.1) is 0 Å². The first-order valence-corrected chi connectivity index (χ1v) is 8.07. The zero-order valence-corrected chi connectivity index (χ0v) is 13.9. The van der Waals surface area contributed by atoms with Crippen LogP contribution in [0.2, 0.25) is 0 Å². The van der Waals surface area contributed by atoms with Crippen LogP contribution in [0.4, 0.5) is 0 Å². The molecule has 0 N–H and O–H groups in total. The minimum Gasteiger partial charge on any atom is -0.458 e. The van der Waals surface area contributed by atoms with E-state index in [4.69, 9.17) is 16.3 Å². The molecule has 1 aliphatic heterocycles. The van der Waals surface area contributed by atoms with Crippen LogP contribution >= 0.6 is 11.6 Å². The van der Waals surface area contributed by atoms with E-state index >= 15 is 0 Å². The molecule has 2 nitrogen and oxygen atoms in total. The van der Waals surface area contributed by atoms with Crippen LogP contribution in [0, 0.1) is 11.8 Å². The molecule has 114 valence electrons. The van der Waals surface area contributed by atoms with Gasteiger partial charge >= 0.3 is 5.97 Å². The van der Waals surface area contributed by atoms with Crippen molar-refractivity contribution in [2.75, 3.05) is 0 Å². The summed E-state index contributed by atoms with van der Waals surface area (Å²) in [6.07, 6.45) is 7.11. The summed E-state index contributed by atoms with van der Waals surface area (Å²) in [4.78, 5) is 11.3. The average Bonchev–Trinajstić information content (AvgIpc) is 2.73. The Labute approximate surface area is 128 Å². The summed E-state index contributed by atoms with van der Waals surface area (Å²) in [6, 6.07) is 0. The lowest BCUT2D eigenvalue weighted by atomic mass is 9.93. The lowest BCUT2D eigenvalue weighted by molar-refractivity contribution is -0.140. The third-order valence-electron chi connectivity index (χ3n) is 3.91. The number of carbonyl (C=O) groups is 1. The van der Waals surface area contributed by atoms with Crippen LogP contribution in [0.3, 0.4) is 0 Å². The highest BCUT2D eigenvalue weighted by Gasteiger charge is 2.32. The molecule has 0 bridgehead atoms. The first-order chi connectivity index (χ1) is 9.47. The monoisotopic (exact) mass is 298 g/mol. The molecule has 0 radical (unpaired) electrons. The van der Waals surface area contributed by atoms with Gasteiger partial charge < -0.3 is 4.74 Å². The van der Waals surface area contributed by atoms with E-state index in [-0.39, 0.29) is 12.1 Å². The molecule has 1 heterocycles. The number of cyclic esters (lactones) is 1. The zero-order chi connectivity index (χ0) is 15.1. The number of esters is 1. The molecule has 1 rings (SSSR count). The van der Waals surface area contributed by atoms with Crippen molar-refractivity contribution in [1.82, 2.24) is 0 Å². The van der Waals surface area contributed by atoms with Crippen molar-refractivity contribution in [1.29, 1.82) is 0 Å². The standard InChI is InChI=1S/C17H27ClO2/c1-5-6-15(11-18)8-7-12(2)9-13(3)17-14(4)10-16(19)20-17/h9,11-12,14,17H,5-8,10H2,1-4H3. The number of rotatable bonds is 7. The Morgan fingerprint density at radius 3 is 2.70 bits per heavy atom. The molecule has 0 aromatic heterocycles. The second-order valence-electron chi connectivity index (χ2n) is 6.04. The van der Waals surface area contributed by atoms with Gasteiger partial charge in [-0.05, 0) is 37.7 Å². The number of allylic oxidation sites excluding steroid dienone is 2. The van der Waals surface area contributed by atoms with Gasteiger partial charge in [-0.1, -0.05) is 50.4 Å². The molecule has 1 saturated heterocycles. The van der Waals surface area contributed by atoms with Crippen molar-refractivity contribution in [3.05, 3.63) is 22.8 Å². The summed E-state index contributed by atoms with van der Waals surface area (Å²) in [5, 5.41) is 0. The Hall–Kier alpha value is -0.760. The number of ether oxygens (including phenoxy) is 1. The predicted molar refractivity (Wildman–Crippen MR) is 84.7 cm³/mol. The van der Waals surface area contributed by atoms with Crippen LogP contribution in [0.5, 0.6) is 0 Å². The smallest absolute Gasteiger partial charge is 0.306 e. The molecule has 0 amide bonds. The van der Waals surface area contributed by atoms with E-state index in [1.807, 2.05) is 0 Å². The van der Waals surface area contributed by atoms with Crippen molar-refractivity contribution in [3.63, 3.8) is 0 Å². The summed E-state index contributed by atoms with van der Waals surface area (Å²) < 4.78 is 5.38. The summed E-state index contributed by atoms with van der Waals surface area (Å²) in [5.74, 6) is 0.701. The first-order valence-electron chi connectivity index (χ1n) is 7.63. The number of hydrogen-bond acceptors (Lipinski definition) is 2. The van der Waals surface area contributed by atoms with Crippen molar-refractivity contribution in [2.45, 2.75) is 65.9 Å². The minimum atomic E-state index is -0.0711. The molecule has 0 aromatic carbocycles. The van der Waals surface area contributed by atoms with E-state index in [0.717, 1.165) is 25.7 Å². The zero-order valence-electron chi connectivity index (χ0n) is 13.1. The molecule has 3 atom stereocenters. The maximum atomic E-state index is 11.3. The molecule has 3 unspecified atom stereocenters.